The van der Waals surface area contributed by atoms with Crippen LogP contribution in [0.4, 0.5) is 4.79 Å². The number of carbonyl (C=O) groups is 1. The van der Waals surface area contributed by atoms with Gasteiger partial charge in [0.1, 0.15) is 0 Å². The van der Waals surface area contributed by atoms with Crippen LogP contribution in [0.3, 0.4) is 0 Å². The Morgan fingerprint density at radius 2 is 2.15 bits per heavy atom. The first-order chi connectivity index (χ1) is 5.91. The lowest BCUT2D eigenvalue weighted by Gasteiger charge is -2.10. The maximum Gasteiger partial charge on any atom is 0.421 e. The zero-order valence-electron chi connectivity index (χ0n) is 7.20. The van der Waals surface area contributed by atoms with Gasteiger partial charge in [-0.3, -0.25) is 0 Å². The maximum atomic E-state index is 11.0. The Balaban J connectivity index is 4.17. The Bertz CT molecular complexity index is 266. The maximum absolute atomic E-state index is 11.0. The molecule has 0 spiro atoms. The first-order valence-electron chi connectivity index (χ1n) is 3.35. The molecule has 0 aliphatic rings. The van der Waals surface area contributed by atoms with Gasteiger partial charge in [-0.25, -0.2) is 9.52 Å². The van der Waals surface area contributed by atoms with Crippen molar-refractivity contribution in [1.29, 1.82) is 0 Å². The number of methoxy groups -OCH3 is 1. The van der Waals surface area contributed by atoms with Gasteiger partial charge in [0.15, 0.2) is 0 Å². The van der Waals surface area contributed by atoms with E-state index in [1.165, 1.54) is 0 Å². The predicted molar refractivity (Wildman–Crippen MR) is 50.9 cm³/mol. The molecule has 0 radical (unpaired) electrons. The van der Waals surface area contributed by atoms with Crippen molar-refractivity contribution < 1.29 is 17.9 Å². The minimum Gasteiger partial charge on any atom is -0.452 e. The van der Waals surface area contributed by atoms with Gasteiger partial charge in [0.2, 0.25) is 0 Å². The quantitative estimate of drug-likeness (QED) is 0.705. The molecule has 0 bridgehead atoms. The molecule has 1 unspecified atom stereocenters. The first-order valence-corrected chi connectivity index (χ1v) is 5.95. The molecule has 0 aromatic rings. The van der Waals surface area contributed by atoms with E-state index >= 15 is 0 Å². The lowest BCUT2D eigenvalue weighted by molar-refractivity contribution is 0.177. The highest BCUT2D eigenvalue weighted by molar-refractivity contribution is 9.09. The van der Waals surface area contributed by atoms with Crippen LogP contribution >= 0.6 is 15.9 Å². The van der Waals surface area contributed by atoms with Gasteiger partial charge in [-0.05, 0) is 6.92 Å². The summed E-state index contributed by atoms with van der Waals surface area (Å²) in [5.74, 6) is 0. The summed E-state index contributed by atoms with van der Waals surface area (Å²) in [6.07, 6.45) is -1.02. The van der Waals surface area contributed by atoms with Crippen LogP contribution in [0.1, 0.15) is 6.92 Å². The second kappa shape index (κ2) is 5.40. The highest BCUT2D eigenvalue weighted by atomic mass is 79.9. The standard InChI is InChI=1S/C5H11BrN2O4S/c1-4(3-6)7-13(10,11)8-5(9)12-2/h4,7H,3H2,1-2H3,(H,8,9). The molecular weight excluding hydrogens is 264 g/mol. The molecule has 78 valence electrons. The van der Waals surface area contributed by atoms with E-state index in [2.05, 4.69) is 25.4 Å². The molecule has 0 saturated heterocycles. The van der Waals surface area contributed by atoms with Gasteiger partial charge in [-0.2, -0.15) is 13.1 Å². The van der Waals surface area contributed by atoms with Crippen LogP contribution in [-0.4, -0.2) is 33.0 Å². The summed E-state index contributed by atoms with van der Waals surface area (Å²) >= 11 is 3.08. The fourth-order valence-electron chi connectivity index (χ4n) is 0.477. The molecule has 8 heteroatoms. The van der Waals surface area contributed by atoms with E-state index in [0.717, 1.165) is 7.11 Å². The van der Waals surface area contributed by atoms with Crippen LogP contribution < -0.4 is 9.44 Å². The second-order valence-electron chi connectivity index (χ2n) is 2.27. The number of hydrogen-bond acceptors (Lipinski definition) is 4. The van der Waals surface area contributed by atoms with Crippen molar-refractivity contribution in [2.75, 3.05) is 12.4 Å². The molecule has 2 N–H and O–H groups in total. The van der Waals surface area contributed by atoms with Crippen LogP contribution in [0.15, 0.2) is 0 Å². The van der Waals surface area contributed by atoms with E-state index in [-0.39, 0.29) is 6.04 Å². The molecule has 0 aliphatic heterocycles. The molecule has 0 saturated carbocycles. The Labute approximate surface area is 85.3 Å². The molecular formula is C5H11BrN2O4S. The van der Waals surface area contributed by atoms with E-state index in [1.807, 2.05) is 0 Å². The van der Waals surface area contributed by atoms with Gasteiger partial charge in [0.05, 0.1) is 7.11 Å². The minimum atomic E-state index is -3.81. The van der Waals surface area contributed by atoms with Gasteiger partial charge in [0, 0.05) is 11.4 Å². The minimum absolute atomic E-state index is 0.304. The SMILES string of the molecule is COC(=O)NS(=O)(=O)NC(C)CBr. The summed E-state index contributed by atoms with van der Waals surface area (Å²) in [7, 11) is -2.73. The van der Waals surface area contributed by atoms with Crippen molar-refractivity contribution in [3.05, 3.63) is 0 Å². The number of carbonyl (C=O) groups excluding carboxylic acids is 1. The average Bonchev–Trinajstić information content (AvgIpc) is 2.02. The Hall–Kier alpha value is -0.340. The van der Waals surface area contributed by atoms with Crippen LogP contribution in [-0.2, 0) is 14.9 Å². The second-order valence-corrected chi connectivity index (χ2v) is 4.36. The summed E-state index contributed by atoms with van der Waals surface area (Å²) in [6, 6.07) is -0.304. The first kappa shape index (κ1) is 12.7. The van der Waals surface area contributed by atoms with Crippen molar-refractivity contribution in [2.45, 2.75) is 13.0 Å². The Kier molecular flexibility index (Phi) is 5.26. The van der Waals surface area contributed by atoms with E-state index < -0.39 is 16.3 Å². The predicted octanol–water partition coefficient (Wildman–Crippen LogP) is -0.0398. The molecule has 0 fully saturated rings. The number of hydrogen-bond donors (Lipinski definition) is 2. The summed E-state index contributed by atoms with van der Waals surface area (Å²) in [6.45, 7) is 1.64. The molecule has 1 amide bonds. The molecule has 0 aromatic carbocycles. The van der Waals surface area contributed by atoms with Crippen LogP contribution in [0.25, 0.3) is 0 Å². The summed E-state index contributed by atoms with van der Waals surface area (Å²) in [5.41, 5.74) is 0. The van der Waals surface area contributed by atoms with Crippen molar-refractivity contribution in [2.24, 2.45) is 0 Å². The largest absolute Gasteiger partial charge is 0.452 e. The van der Waals surface area contributed by atoms with E-state index in [0.29, 0.717) is 5.33 Å². The number of rotatable bonds is 4. The number of halogens is 1. The van der Waals surface area contributed by atoms with Gasteiger partial charge in [-0.15, -0.1) is 0 Å². The van der Waals surface area contributed by atoms with Crippen molar-refractivity contribution in [1.82, 2.24) is 9.44 Å². The number of ether oxygens (including phenoxy) is 1. The summed E-state index contributed by atoms with van der Waals surface area (Å²) in [4.78, 5) is 10.5. The van der Waals surface area contributed by atoms with Crippen LogP contribution in [0.2, 0.25) is 0 Å². The smallest absolute Gasteiger partial charge is 0.421 e. The van der Waals surface area contributed by atoms with Gasteiger partial charge in [0.25, 0.3) is 0 Å². The van der Waals surface area contributed by atoms with Crippen LogP contribution in [0, 0.1) is 0 Å². The van der Waals surface area contributed by atoms with Crippen molar-refractivity contribution >= 4 is 32.2 Å². The molecule has 0 heterocycles. The summed E-state index contributed by atoms with van der Waals surface area (Å²) < 4.78 is 30.0. The average molecular weight is 275 g/mol. The van der Waals surface area contributed by atoms with Gasteiger partial charge >= 0.3 is 16.3 Å². The van der Waals surface area contributed by atoms with E-state index in [4.69, 9.17) is 0 Å². The lowest BCUT2D eigenvalue weighted by Crippen LogP contribution is -2.44. The zero-order chi connectivity index (χ0) is 10.5. The summed E-state index contributed by atoms with van der Waals surface area (Å²) in [5, 5.41) is 0.453. The molecule has 6 nitrogen and oxygen atoms in total. The third kappa shape index (κ3) is 5.83. The Morgan fingerprint density at radius 1 is 1.62 bits per heavy atom. The fraction of sp³-hybridized carbons (Fsp3) is 0.800. The molecule has 13 heavy (non-hydrogen) atoms. The highest BCUT2D eigenvalue weighted by Crippen LogP contribution is 1.91. The molecule has 0 aromatic heterocycles. The number of amides is 1. The monoisotopic (exact) mass is 274 g/mol. The highest BCUT2D eigenvalue weighted by Gasteiger charge is 2.16. The molecule has 0 rings (SSSR count). The van der Waals surface area contributed by atoms with Crippen LogP contribution in [0.5, 0.6) is 0 Å². The topological polar surface area (TPSA) is 84.5 Å². The Morgan fingerprint density at radius 3 is 2.54 bits per heavy atom. The molecule has 0 aliphatic carbocycles. The fourth-order valence-corrected chi connectivity index (χ4v) is 1.83. The van der Waals surface area contributed by atoms with E-state index in [9.17, 15) is 13.2 Å². The zero-order valence-corrected chi connectivity index (χ0v) is 9.61. The van der Waals surface area contributed by atoms with Gasteiger partial charge in [-0.1, -0.05) is 15.9 Å². The van der Waals surface area contributed by atoms with E-state index in [1.54, 1.807) is 11.6 Å². The molecule has 1 atom stereocenters. The number of alkyl halides is 1. The normalized spacial score (nSPS) is 13.5. The van der Waals surface area contributed by atoms with Crippen molar-refractivity contribution in [3.63, 3.8) is 0 Å². The third-order valence-electron chi connectivity index (χ3n) is 0.991. The van der Waals surface area contributed by atoms with Crippen molar-refractivity contribution in [3.8, 4) is 0 Å². The lowest BCUT2D eigenvalue weighted by atomic mass is 10.4. The third-order valence-corrected chi connectivity index (χ3v) is 3.11. The number of nitrogens with one attached hydrogen (secondary N) is 2. The van der Waals surface area contributed by atoms with Gasteiger partial charge < -0.3 is 4.74 Å².